The van der Waals surface area contributed by atoms with Gasteiger partial charge in [-0.1, -0.05) is 32.0 Å². The summed E-state index contributed by atoms with van der Waals surface area (Å²) in [5.74, 6) is 0.233. The van der Waals surface area contributed by atoms with Crippen molar-refractivity contribution in [1.29, 1.82) is 0 Å². The molecule has 1 aliphatic heterocycles. The quantitative estimate of drug-likeness (QED) is 0.935. The van der Waals surface area contributed by atoms with E-state index in [1.54, 1.807) is 0 Å². The fourth-order valence-electron chi connectivity index (χ4n) is 2.64. The lowest BCUT2D eigenvalue weighted by molar-refractivity contribution is 0.0700. The van der Waals surface area contributed by atoms with Gasteiger partial charge in [0.25, 0.3) is 0 Å². The molecule has 0 saturated carbocycles. The van der Waals surface area contributed by atoms with E-state index in [9.17, 15) is 9.90 Å². The standard InChI is InChI=1S/C16H17NO3S/c1-9(2)13-14(16(18)19)21-15(17-13)11-7-8-20-12-6-4-3-5-10(11)12/h3-6,9,11H,7-8H2,1-2H3,(H,18,19). The van der Waals surface area contributed by atoms with Crippen molar-refractivity contribution >= 4 is 17.3 Å². The number of carbonyl (C=O) groups is 1. The van der Waals surface area contributed by atoms with Crippen molar-refractivity contribution in [1.82, 2.24) is 4.98 Å². The van der Waals surface area contributed by atoms with Crippen LogP contribution in [0.25, 0.3) is 0 Å². The normalized spacial score (nSPS) is 17.4. The van der Waals surface area contributed by atoms with Crippen molar-refractivity contribution in [3.05, 3.63) is 45.4 Å². The number of benzene rings is 1. The van der Waals surface area contributed by atoms with Gasteiger partial charge in [0.1, 0.15) is 15.6 Å². The topological polar surface area (TPSA) is 59.4 Å². The molecule has 21 heavy (non-hydrogen) atoms. The fraction of sp³-hybridized carbons (Fsp3) is 0.375. The number of thiazole rings is 1. The molecule has 110 valence electrons. The van der Waals surface area contributed by atoms with Gasteiger partial charge >= 0.3 is 5.97 Å². The van der Waals surface area contributed by atoms with Crippen LogP contribution >= 0.6 is 11.3 Å². The molecule has 0 aliphatic carbocycles. The van der Waals surface area contributed by atoms with Gasteiger partial charge in [-0.3, -0.25) is 0 Å². The van der Waals surface area contributed by atoms with Crippen LogP contribution in [0.2, 0.25) is 0 Å². The molecule has 0 spiro atoms. The summed E-state index contributed by atoms with van der Waals surface area (Å²) in [6.07, 6.45) is 0.834. The SMILES string of the molecule is CC(C)c1nc(C2CCOc3ccccc32)sc1C(=O)O. The van der Waals surface area contributed by atoms with Gasteiger partial charge in [-0.2, -0.15) is 0 Å². The molecule has 1 aromatic carbocycles. The highest BCUT2D eigenvalue weighted by atomic mass is 32.1. The van der Waals surface area contributed by atoms with Gasteiger partial charge in [0.15, 0.2) is 0 Å². The largest absolute Gasteiger partial charge is 0.493 e. The molecule has 1 aromatic heterocycles. The molecule has 0 saturated heterocycles. The van der Waals surface area contributed by atoms with Gasteiger partial charge in [0.2, 0.25) is 0 Å². The van der Waals surface area contributed by atoms with Crippen LogP contribution in [0.3, 0.4) is 0 Å². The summed E-state index contributed by atoms with van der Waals surface area (Å²) in [6.45, 7) is 4.59. The zero-order valence-electron chi connectivity index (χ0n) is 12.0. The van der Waals surface area contributed by atoms with Gasteiger partial charge < -0.3 is 9.84 Å². The smallest absolute Gasteiger partial charge is 0.347 e. The van der Waals surface area contributed by atoms with Crippen molar-refractivity contribution in [2.75, 3.05) is 6.61 Å². The molecule has 1 N–H and O–H groups in total. The third kappa shape index (κ3) is 2.53. The van der Waals surface area contributed by atoms with Gasteiger partial charge in [-0.05, 0) is 18.4 Å². The number of hydrogen-bond donors (Lipinski definition) is 1. The first kappa shape index (κ1) is 14.1. The second-order valence-corrected chi connectivity index (χ2v) is 6.48. The number of hydrogen-bond acceptors (Lipinski definition) is 4. The summed E-state index contributed by atoms with van der Waals surface area (Å²) in [5.41, 5.74) is 1.79. The molecular weight excluding hydrogens is 286 g/mol. The van der Waals surface area contributed by atoms with Gasteiger partial charge in [0.05, 0.1) is 12.3 Å². The highest BCUT2D eigenvalue weighted by molar-refractivity contribution is 7.13. The van der Waals surface area contributed by atoms with E-state index >= 15 is 0 Å². The number of rotatable bonds is 3. The molecule has 1 unspecified atom stereocenters. The second-order valence-electron chi connectivity index (χ2n) is 5.45. The van der Waals surface area contributed by atoms with E-state index in [1.807, 2.05) is 38.1 Å². The Kier molecular flexibility index (Phi) is 3.68. The van der Waals surface area contributed by atoms with E-state index in [1.165, 1.54) is 11.3 Å². The van der Waals surface area contributed by atoms with E-state index < -0.39 is 5.97 Å². The minimum absolute atomic E-state index is 0.108. The summed E-state index contributed by atoms with van der Waals surface area (Å²) in [5, 5.41) is 10.2. The van der Waals surface area contributed by atoms with Gasteiger partial charge in [-0.15, -0.1) is 11.3 Å². The van der Waals surface area contributed by atoms with Crippen molar-refractivity contribution in [3.8, 4) is 5.75 Å². The number of ether oxygens (including phenoxy) is 1. The molecule has 1 atom stereocenters. The molecule has 3 rings (SSSR count). The monoisotopic (exact) mass is 303 g/mol. The third-order valence-electron chi connectivity index (χ3n) is 3.67. The molecule has 4 nitrogen and oxygen atoms in total. The van der Waals surface area contributed by atoms with Crippen LogP contribution in [0.1, 0.15) is 58.0 Å². The molecular formula is C16H17NO3S. The van der Waals surface area contributed by atoms with Gasteiger partial charge in [0, 0.05) is 11.5 Å². The average Bonchev–Trinajstić information content (AvgIpc) is 2.92. The van der Waals surface area contributed by atoms with Crippen LogP contribution in [-0.4, -0.2) is 22.7 Å². The lowest BCUT2D eigenvalue weighted by atomic mass is 9.94. The Morgan fingerprint density at radius 3 is 2.86 bits per heavy atom. The lowest BCUT2D eigenvalue weighted by Crippen LogP contribution is -2.15. The van der Waals surface area contributed by atoms with Crippen LogP contribution in [-0.2, 0) is 0 Å². The number of para-hydroxylation sites is 1. The molecule has 0 fully saturated rings. The number of carboxylic acid groups (broad SMARTS) is 1. The molecule has 0 amide bonds. The molecule has 1 aliphatic rings. The van der Waals surface area contributed by atoms with Crippen LogP contribution in [0, 0.1) is 0 Å². The average molecular weight is 303 g/mol. The zero-order valence-corrected chi connectivity index (χ0v) is 12.8. The highest BCUT2D eigenvalue weighted by Gasteiger charge is 2.28. The van der Waals surface area contributed by atoms with Crippen molar-refractivity contribution in [2.24, 2.45) is 0 Å². The minimum Gasteiger partial charge on any atom is -0.493 e. The fourth-order valence-corrected chi connectivity index (χ4v) is 3.85. The summed E-state index contributed by atoms with van der Waals surface area (Å²) >= 11 is 1.30. The Morgan fingerprint density at radius 2 is 2.19 bits per heavy atom. The summed E-state index contributed by atoms with van der Waals surface area (Å²) < 4.78 is 5.67. The molecule has 0 bridgehead atoms. The first-order valence-corrected chi connectivity index (χ1v) is 7.85. The summed E-state index contributed by atoms with van der Waals surface area (Å²) in [6, 6.07) is 7.92. The Hall–Kier alpha value is -1.88. The van der Waals surface area contributed by atoms with Crippen LogP contribution < -0.4 is 4.74 Å². The van der Waals surface area contributed by atoms with E-state index in [0.29, 0.717) is 17.2 Å². The van der Waals surface area contributed by atoms with E-state index in [-0.39, 0.29) is 11.8 Å². The highest BCUT2D eigenvalue weighted by Crippen LogP contribution is 2.40. The minimum atomic E-state index is -0.886. The van der Waals surface area contributed by atoms with Crippen molar-refractivity contribution in [3.63, 3.8) is 0 Å². The van der Waals surface area contributed by atoms with E-state index in [0.717, 1.165) is 22.7 Å². The van der Waals surface area contributed by atoms with Gasteiger partial charge in [-0.25, -0.2) is 9.78 Å². The first-order valence-electron chi connectivity index (χ1n) is 7.03. The van der Waals surface area contributed by atoms with Crippen molar-refractivity contribution < 1.29 is 14.6 Å². The third-order valence-corrected chi connectivity index (χ3v) is 4.84. The van der Waals surface area contributed by atoms with E-state index in [2.05, 4.69) is 4.98 Å². The second kappa shape index (κ2) is 5.48. The van der Waals surface area contributed by atoms with Crippen LogP contribution in [0.4, 0.5) is 0 Å². The maximum Gasteiger partial charge on any atom is 0.347 e. The number of fused-ring (bicyclic) bond motifs is 1. The van der Waals surface area contributed by atoms with Crippen LogP contribution in [0.5, 0.6) is 5.75 Å². The van der Waals surface area contributed by atoms with Crippen LogP contribution in [0.15, 0.2) is 24.3 Å². The van der Waals surface area contributed by atoms with Crippen molar-refractivity contribution in [2.45, 2.75) is 32.1 Å². The zero-order chi connectivity index (χ0) is 15.0. The summed E-state index contributed by atoms with van der Waals surface area (Å²) in [4.78, 5) is 16.4. The maximum atomic E-state index is 11.4. The lowest BCUT2D eigenvalue weighted by Gasteiger charge is -2.24. The molecule has 0 radical (unpaired) electrons. The predicted molar refractivity (Wildman–Crippen MR) is 81.6 cm³/mol. The summed E-state index contributed by atoms with van der Waals surface area (Å²) in [7, 11) is 0. The Bertz CT molecular complexity index is 678. The Balaban J connectivity index is 2.06. The first-order chi connectivity index (χ1) is 10.1. The molecule has 2 aromatic rings. The maximum absolute atomic E-state index is 11.4. The van der Waals surface area contributed by atoms with E-state index in [4.69, 9.17) is 4.74 Å². The Morgan fingerprint density at radius 1 is 1.43 bits per heavy atom. The number of carboxylic acids is 1. The molecule has 2 heterocycles. The predicted octanol–water partition coefficient (Wildman–Crippen LogP) is 3.88. The number of nitrogens with zero attached hydrogens (tertiary/aromatic N) is 1. The number of aromatic nitrogens is 1. The number of aromatic carboxylic acids is 1. The molecule has 5 heteroatoms. The Labute approximate surface area is 127 Å².